The van der Waals surface area contributed by atoms with Gasteiger partial charge in [0.15, 0.2) is 6.54 Å². The summed E-state index contributed by atoms with van der Waals surface area (Å²) >= 11 is 7.30. The number of amides is 1. The average Bonchev–Trinajstić information content (AvgIpc) is 2.79. The van der Waals surface area contributed by atoms with Crippen LogP contribution >= 0.6 is 22.9 Å². The lowest BCUT2D eigenvalue weighted by molar-refractivity contribution is -0.884. The third-order valence-electron chi connectivity index (χ3n) is 2.77. The van der Waals surface area contributed by atoms with E-state index in [1.54, 1.807) is 6.07 Å². The largest absolute Gasteiger partial charge is 0.325 e. The molecule has 2 aromatic rings. The summed E-state index contributed by atoms with van der Waals surface area (Å²) in [5, 5.41) is 2.38. The number of carbonyl (C=O) groups excluding carboxylic acids is 1. The summed E-state index contributed by atoms with van der Waals surface area (Å²) in [6.45, 7) is 0.780. The van der Waals surface area contributed by atoms with E-state index < -0.39 is 11.6 Å². The molecular formula is C14H14ClF2N2OS+. The number of nitrogens with one attached hydrogen (secondary N) is 2. The van der Waals surface area contributed by atoms with Gasteiger partial charge in [-0.25, -0.2) is 8.78 Å². The number of anilines is 1. The molecule has 0 aliphatic rings. The number of thiophene rings is 1. The maximum Gasteiger partial charge on any atom is 0.279 e. The van der Waals surface area contributed by atoms with Crippen LogP contribution in [0.4, 0.5) is 14.5 Å². The minimum absolute atomic E-state index is 0.144. The Labute approximate surface area is 130 Å². The summed E-state index contributed by atoms with van der Waals surface area (Å²) in [7, 11) is 1.84. The number of carbonyl (C=O) groups is 1. The predicted molar refractivity (Wildman–Crippen MR) is 79.8 cm³/mol. The minimum atomic E-state index is -0.660. The first-order chi connectivity index (χ1) is 9.94. The predicted octanol–water partition coefficient (Wildman–Crippen LogP) is 2.33. The van der Waals surface area contributed by atoms with Gasteiger partial charge in [-0.3, -0.25) is 4.79 Å². The van der Waals surface area contributed by atoms with Crippen molar-refractivity contribution in [1.29, 1.82) is 0 Å². The lowest BCUT2D eigenvalue weighted by atomic mass is 10.3. The van der Waals surface area contributed by atoms with Crippen LogP contribution in [0.25, 0.3) is 0 Å². The van der Waals surface area contributed by atoms with E-state index in [0.717, 1.165) is 28.0 Å². The van der Waals surface area contributed by atoms with Gasteiger partial charge in [-0.05, 0) is 24.3 Å². The molecule has 3 nitrogen and oxygen atoms in total. The number of hydrogen-bond acceptors (Lipinski definition) is 2. The normalized spacial score (nSPS) is 12.2. The van der Waals surface area contributed by atoms with Crippen LogP contribution in [0.1, 0.15) is 4.88 Å². The molecule has 1 aromatic carbocycles. The Morgan fingerprint density at radius 2 is 2.10 bits per heavy atom. The van der Waals surface area contributed by atoms with Crippen molar-refractivity contribution < 1.29 is 18.5 Å². The highest BCUT2D eigenvalue weighted by molar-refractivity contribution is 7.16. The van der Waals surface area contributed by atoms with Crippen molar-refractivity contribution in [2.45, 2.75) is 6.54 Å². The van der Waals surface area contributed by atoms with Gasteiger partial charge in [0, 0.05) is 6.07 Å². The highest BCUT2D eigenvalue weighted by Gasteiger charge is 2.14. The zero-order valence-electron chi connectivity index (χ0n) is 11.3. The molecule has 2 N–H and O–H groups in total. The van der Waals surface area contributed by atoms with Crippen molar-refractivity contribution in [3.05, 3.63) is 51.2 Å². The fourth-order valence-electron chi connectivity index (χ4n) is 1.87. The molecule has 0 saturated heterocycles. The van der Waals surface area contributed by atoms with Gasteiger partial charge in [-0.1, -0.05) is 11.6 Å². The molecule has 1 amide bonds. The average molecular weight is 332 g/mol. The summed E-state index contributed by atoms with van der Waals surface area (Å²) in [5.41, 5.74) is -0.146. The van der Waals surface area contributed by atoms with E-state index in [9.17, 15) is 13.6 Å². The van der Waals surface area contributed by atoms with Gasteiger partial charge in [0.1, 0.15) is 18.2 Å². The molecule has 2 rings (SSSR count). The van der Waals surface area contributed by atoms with Crippen molar-refractivity contribution >= 4 is 34.5 Å². The topological polar surface area (TPSA) is 33.5 Å². The van der Waals surface area contributed by atoms with Crippen LogP contribution in [-0.2, 0) is 11.3 Å². The fraction of sp³-hybridized carbons (Fsp3) is 0.214. The van der Waals surface area contributed by atoms with Gasteiger partial charge in [-0.15, -0.1) is 11.3 Å². The Morgan fingerprint density at radius 1 is 1.33 bits per heavy atom. The molecule has 1 heterocycles. The van der Waals surface area contributed by atoms with Gasteiger partial charge in [0.05, 0.1) is 21.9 Å². The maximum absolute atomic E-state index is 13.4. The smallest absolute Gasteiger partial charge is 0.279 e. The number of hydrogen-bond donors (Lipinski definition) is 2. The Morgan fingerprint density at radius 3 is 2.76 bits per heavy atom. The van der Waals surface area contributed by atoms with E-state index in [4.69, 9.17) is 11.6 Å². The Bertz CT molecular complexity index is 648. The van der Waals surface area contributed by atoms with E-state index in [-0.39, 0.29) is 18.1 Å². The van der Waals surface area contributed by atoms with Gasteiger partial charge in [-0.2, -0.15) is 0 Å². The van der Waals surface area contributed by atoms with Crippen molar-refractivity contribution in [3.8, 4) is 0 Å². The second-order valence-corrected chi connectivity index (χ2v) is 6.49. The third kappa shape index (κ3) is 4.77. The molecule has 112 valence electrons. The van der Waals surface area contributed by atoms with E-state index in [2.05, 4.69) is 5.32 Å². The molecule has 0 bridgehead atoms. The molecule has 0 radical (unpaired) electrons. The Balaban J connectivity index is 1.90. The van der Waals surface area contributed by atoms with E-state index in [0.29, 0.717) is 10.9 Å². The highest BCUT2D eigenvalue weighted by atomic mass is 35.5. The zero-order chi connectivity index (χ0) is 15.4. The summed E-state index contributed by atoms with van der Waals surface area (Å²) in [6, 6.07) is 6.65. The van der Waals surface area contributed by atoms with Crippen LogP contribution in [0.3, 0.4) is 0 Å². The SMILES string of the molecule is C[NH+](CC(=O)Nc1cc(F)ccc1F)Cc1ccc(Cl)s1. The molecule has 0 aliphatic heterocycles. The second-order valence-electron chi connectivity index (χ2n) is 4.69. The van der Waals surface area contributed by atoms with E-state index >= 15 is 0 Å². The lowest BCUT2D eigenvalue weighted by Gasteiger charge is -2.13. The van der Waals surface area contributed by atoms with Gasteiger partial charge >= 0.3 is 0 Å². The van der Waals surface area contributed by atoms with Gasteiger partial charge in [0.2, 0.25) is 0 Å². The second kappa shape index (κ2) is 6.98. The number of quaternary nitrogens is 1. The lowest BCUT2D eigenvalue weighted by Crippen LogP contribution is -3.08. The molecule has 1 atom stereocenters. The molecule has 0 aliphatic carbocycles. The van der Waals surface area contributed by atoms with Crippen molar-refractivity contribution in [2.24, 2.45) is 0 Å². The standard InChI is InChI=1S/C14H13ClF2N2OS/c1-19(7-10-3-5-13(15)21-10)8-14(20)18-12-6-9(16)2-4-11(12)17/h2-6H,7-8H2,1H3,(H,18,20)/p+1. The molecule has 7 heteroatoms. The van der Waals surface area contributed by atoms with Crippen LogP contribution in [0.15, 0.2) is 30.3 Å². The number of benzene rings is 1. The molecule has 1 unspecified atom stereocenters. The van der Waals surface area contributed by atoms with Crippen molar-refractivity contribution in [1.82, 2.24) is 0 Å². The number of rotatable bonds is 5. The van der Waals surface area contributed by atoms with E-state index in [1.807, 2.05) is 13.1 Å². The van der Waals surface area contributed by atoms with Crippen LogP contribution < -0.4 is 10.2 Å². The highest BCUT2D eigenvalue weighted by Crippen LogP contribution is 2.20. The van der Waals surface area contributed by atoms with Crippen LogP contribution in [-0.4, -0.2) is 19.5 Å². The zero-order valence-corrected chi connectivity index (χ0v) is 12.8. The van der Waals surface area contributed by atoms with Crippen LogP contribution in [0, 0.1) is 11.6 Å². The molecule has 1 aromatic heterocycles. The molecular weight excluding hydrogens is 318 g/mol. The van der Waals surface area contributed by atoms with Gasteiger partial charge in [0.25, 0.3) is 5.91 Å². The number of halogens is 3. The van der Waals surface area contributed by atoms with Crippen molar-refractivity contribution in [2.75, 3.05) is 18.9 Å². The molecule has 21 heavy (non-hydrogen) atoms. The first-order valence-corrected chi connectivity index (χ1v) is 7.44. The monoisotopic (exact) mass is 331 g/mol. The summed E-state index contributed by atoms with van der Waals surface area (Å²) < 4.78 is 27.1. The molecule has 0 saturated carbocycles. The Kier molecular flexibility index (Phi) is 5.27. The Hall–Kier alpha value is -1.50. The molecule has 0 fully saturated rings. The van der Waals surface area contributed by atoms with Gasteiger partial charge < -0.3 is 10.2 Å². The summed E-state index contributed by atoms with van der Waals surface area (Å²) in [4.78, 5) is 13.8. The summed E-state index contributed by atoms with van der Waals surface area (Å²) in [6.07, 6.45) is 0. The van der Waals surface area contributed by atoms with E-state index in [1.165, 1.54) is 11.3 Å². The first-order valence-electron chi connectivity index (χ1n) is 6.24. The third-order valence-corrected chi connectivity index (χ3v) is 4.00. The maximum atomic E-state index is 13.4. The fourth-order valence-corrected chi connectivity index (χ4v) is 3.07. The summed E-state index contributed by atoms with van der Waals surface area (Å²) in [5.74, 6) is -1.63. The van der Waals surface area contributed by atoms with Crippen LogP contribution in [0.2, 0.25) is 4.34 Å². The minimum Gasteiger partial charge on any atom is -0.325 e. The molecule has 0 spiro atoms. The van der Waals surface area contributed by atoms with Crippen LogP contribution in [0.5, 0.6) is 0 Å². The van der Waals surface area contributed by atoms with Crippen molar-refractivity contribution in [3.63, 3.8) is 0 Å². The first kappa shape index (κ1) is 15.9. The number of likely N-dealkylation sites (N-methyl/N-ethyl adjacent to an activating group) is 1. The quantitative estimate of drug-likeness (QED) is 0.866.